The highest BCUT2D eigenvalue weighted by Gasteiger charge is 2.19. The fourth-order valence-electron chi connectivity index (χ4n) is 2.57. The average Bonchev–Trinajstić information content (AvgIpc) is 3.08. The van der Waals surface area contributed by atoms with Crippen molar-refractivity contribution >= 4 is 29.2 Å². The SMILES string of the molecule is Cc1ccc(-c2cccc(C(=O)O)c2NC(=O)Cn2cncn2)c(Cl)c1. The van der Waals surface area contributed by atoms with Gasteiger partial charge in [-0.2, -0.15) is 5.10 Å². The van der Waals surface area contributed by atoms with E-state index in [9.17, 15) is 14.7 Å². The smallest absolute Gasteiger partial charge is 0.337 e. The van der Waals surface area contributed by atoms with Crippen molar-refractivity contribution in [2.45, 2.75) is 13.5 Å². The zero-order chi connectivity index (χ0) is 18.7. The standard InChI is InChI=1S/C18H15ClN4O3/c1-11-5-6-12(15(19)7-11)13-3-2-4-14(18(25)26)17(13)22-16(24)8-23-10-20-9-21-23/h2-7,9-10H,8H2,1H3,(H,22,24)(H,25,26). The van der Waals surface area contributed by atoms with E-state index in [0.29, 0.717) is 16.1 Å². The summed E-state index contributed by atoms with van der Waals surface area (Å²) in [6, 6.07) is 10.2. The second-order valence-corrected chi connectivity index (χ2v) is 6.07. The first kappa shape index (κ1) is 17.6. The molecule has 8 heteroatoms. The zero-order valence-corrected chi connectivity index (χ0v) is 14.6. The van der Waals surface area contributed by atoms with Gasteiger partial charge in [-0.15, -0.1) is 0 Å². The molecule has 1 amide bonds. The van der Waals surface area contributed by atoms with Crippen LogP contribution < -0.4 is 5.32 Å². The first-order valence-corrected chi connectivity index (χ1v) is 8.08. The van der Waals surface area contributed by atoms with Crippen LogP contribution in [0.5, 0.6) is 0 Å². The van der Waals surface area contributed by atoms with Crippen LogP contribution in [0.25, 0.3) is 11.1 Å². The highest BCUT2D eigenvalue weighted by Crippen LogP contribution is 2.36. The molecule has 0 saturated carbocycles. The lowest BCUT2D eigenvalue weighted by Crippen LogP contribution is -2.21. The van der Waals surface area contributed by atoms with E-state index in [2.05, 4.69) is 15.4 Å². The highest BCUT2D eigenvalue weighted by atomic mass is 35.5. The molecule has 0 unspecified atom stereocenters. The van der Waals surface area contributed by atoms with Crippen LogP contribution in [-0.2, 0) is 11.3 Å². The van der Waals surface area contributed by atoms with E-state index in [0.717, 1.165) is 5.56 Å². The third-order valence-electron chi connectivity index (χ3n) is 3.75. The number of para-hydroxylation sites is 1. The van der Waals surface area contributed by atoms with Crippen molar-refractivity contribution in [3.8, 4) is 11.1 Å². The molecule has 0 aliphatic carbocycles. The molecule has 2 aromatic carbocycles. The number of hydrogen-bond acceptors (Lipinski definition) is 4. The summed E-state index contributed by atoms with van der Waals surface area (Å²) >= 11 is 6.34. The molecule has 3 rings (SSSR count). The van der Waals surface area contributed by atoms with Crippen LogP contribution in [0.3, 0.4) is 0 Å². The maximum Gasteiger partial charge on any atom is 0.337 e. The number of carbonyl (C=O) groups excluding carboxylic acids is 1. The van der Waals surface area contributed by atoms with Gasteiger partial charge in [0, 0.05) is 16.1 Å². The van der Waals surface area contributed by atoms with E-state index in [-0.39, 0.29) is 17.8 Å². The number of aromatic nitrogens is 3. The topological polar surface area (TPSA) is 97.1 Å². The van der Waals surface area contributed by atoms with E-state index < -0.39 is 11.9 Å². The maximum atomic E-state index is 12.4. The van der Waals surface area contributed by atoms with Gasteiger partial charge in [-0.25, -0.2) is 14.5 Å². The van der Waals surface area contributed by atoms with E-state index in [4.69, 9.17) is 11.6 Å². The lowest BCUT2D eigenvalue weighted by atomic mass is 9.98. The quantitative estimate of drug-likeness (QED) is 0.718. The number of benzene rings is 2. The van der Waals surface area contributed by atoms with Crippen LogP contribution >= 0.6 is 11.6 Å². The molecule has 0 atom stereocenters. The number of amides is 1. The number of carbonyl (C=O) groups is 2. The lowest BCUT2D eigenvalue weighted by molar-refractivity contribution is -0.116. The molecule has 0 aliphatic rings. The Morgan fingerprint density at radius 1 is 1.23 bits per heavy atom. The predicted octanol–water partition coefficient (Wildman–Crippen LogP) is 3.24. The fourth-order valence-corrected chi connectivity index (χ4v) is 2.91. The number of rotatable bonds is 5. The summed E-state index contributed by atoms with van der Waals surface area (Å²) in [4.78, 5) is 27.8. The Morgan fingerprint density at radius 2 is 2.04 bits per heavy atom. The normalized spacial score (nSPS) is 10.5. The van der Waals surface area contributed by atoms with Crippen LogP contribution in [0.15, 0.2) is 49.1 Å². The Bertz CT molecular complexity index is 971. The third kappa shape index (κ3) is 3.73. The fraction of sp³-hybridized carbons (Fsp3) is 0.111. The van der Waals surface area contributed by atoms with Crippen molar-refractivity contribution in [2.75, 3.05) is 5.32 Å². The maximum absolute atomic E-state index is 12.4. The summed E-state index contributed by atoms with van der Waals surface area (Å²) < 4.78 is 1.34. The number of carboxylic acid groups (broad SMARTS) is 1. The number of aryl methyl sites for hydroxylation is 1. The first-order chi connectivity index (χ1) is 12.5. The molecule has 0 bridgehead atoms. The Balaban J connectivity index is 2.03. The molecule has 0 fully saturated rings. The van der Waals surface area contributed by atoms with Gasteiger partial charge >= 0.3 is 5.97 Å². The minimum Gasteiger partial charge on any atom is -0.478 e. The molecule has 0 aliphatic heterocycles. The minimum absolute atomic E-state index is 0.0221. The van der Waals surface area contributed by atoms with E-state index in [1.54, 1.807) is 24.3 Å². The molecule has 3 aromatic rings. The van der Waals surface area contributed by atoms with Crippen LogP contribution in [0.2, 0.25) is 5.02 Å². The summed E-state index contributed by atoms with van der Waals surface area (Å²) in [5.41, 5.74) is 2.31. The average molecular weight is 371 g/mol. The lowest BCUT2D eigenvalue weighted by Gasteiger charge is -2.15. The van der Waals surface area contributed by atoms with Gasteiger partial charge in [-0.05, 0) is 24.6 Å². The minimum atomic E-state index is -1.15. The Kier molecular flexibility index (Phi) is 4.99. The van der Waals surface area contributed by atoms with Gasteiger partial charge in [0.15, 0.2) is 0 Å². The summed E-state index contributed by atoms with van der Waals surface area (Å²) in [5.74, 6) is -1.57. The van der Waals surface area contributed by atoms with Gasteiger partial charge in [-0.3, -0.25) is 4.79 Å². The van der Waals surface area contributed by atoms with Gasteiger partial charge < -0.3 is 10.4 Å². The Hall–Kier alpha value is -3.19. The van der Waals surface area contributed by atoms with Crippen molar-refractivity contribution in [3.05, 3.63) is 65.2 Å². The molecule has 1 aromatic heterocycles. The molecule has 26 heavy (non-hydrogen) atoms. The van der Waals surface area contributed by atoms with Gasteiger partial charge in [-0.1, -0.05) is 35.9 Å². The van der Waals surface area contributed by atoms with Crippen LogP contribution in [-0.4, -0.2) is 31.7 Å². The van der Waals surface area contributed by atoms with Crippen LogP contribution in [0.4, 0.5) is 5.69 Å². The van der Waals surface area contributed by atoms with Crippen molar-refractivity contribution in [2.24, 2.45) is 0 Å². The number of aromatic carboxylic acids is 1. The summed E-state index contributed by atoms with van der Waals surface area (Å²) in [7, 11) is 0. The van der Waals surface area contributed by atoms with E-state index in [1.165, 1.54) is 23.4 Å². The largest absolute Gasteiger partial charge is 0.478 e. The first-order valence-electron chi connectivity index (χ1n) is 7.71. The van der Waals surface area contributed by atoms with Crippen LogP contribution in [0, 0.1) is 6.92 Å². The van der Waals surface area contributed by atoms with Gasteiger partial charge in [0.05, 0.1) is 11.3 Å². The number of halogens is 1. The van der Waals surface area contributed by atoms with Crippen molar-refractivity contribution in [3.63, 3.8) is 0 Å². The predicted molar refractivity (Wildman–Crippen MR) is 97.2 cm³/mol. The van der Waals surface area contributed by atoms with E-state index in [1.807, 2.05) is 13.0 Å². The van der Waals surface area contributed by atoms with Crippen LogP contribution in [0.1, 0.15) is 15.9 Å². The molecule has 0 saturated heterocycles. The second-order valence-electron chi connectivity index (χ2n) is 5.66. The highest BCUT2D eigenvalue weighted by molar-refractivity contribution is 6.33. The second kappa shape index (κ2) is 7.37. The molecule has 0 spiro atoms. The zero-order valence-electron chi connectivity index (χ0n) is 13.8. The molecule has 0 radical (unpaired) electrons. The molecule has 132 valence electrons. The number of anilines is 1. The van der Waals surface area contributed by atoms with Gasteiger partial charge in [0.1, 0.15) is 19.2 Å². The molecular formula is C18H15ClN4O3. The number of nitrogens with zero attached hydrogens (tertiary/aromatic N) is 3. The van der Waals surface area contributed by atoms with Crippen molar-refractivity contribution < 1.29 is 14.7 Å². The molecule has 7 nitrogen and oxygen atoms in total. The van der Waals surface area contributed by atoms with Crippen molar-refractivity contribution in [1.29, 1.82) is 0 Å². The summed E-state index contributed by atoms with van der Waals surface area (Å²) in [5, 5.41) is 16.5. The number of carboxylic acids is 1. The monoisotopic (exact) mass is 370 g/mol. The van der Waals surface area contributed by atoms with E-state index >= 15 is 0 Å². The Morgan fingerprint density at radius 3 is 2.69 bits per heavy atom. The molecule has 2 N–H and O–H groups in total. The van der Waals surface area contributed by atoms with Gasteiger partial charge in [0.25, 0.3) is 0 Å². The number of nitrogens with one attached hydrogen (secondary N) is 1. The summed E-state index contributed by atoms with van der Waals surface area (Å²) in [6.07, 6.45) is 2.72. The number of hydrogen-bond donors (Lipinski definition) is 2. The Labute approximate surface area is 154 Å². The van der Waals surface area contributed by atoms with Crippen molar-refractivity contribution in [1.82, 2.24) is 14.8 Å². The molecular weight excluding hydrogens is 356 g/mol. The van der Waals surface area contributed by atoms with Gasteiger partial charge in [0.2, 0.25) is 5.91 Å². The third-order valence-corrected chi connectivity index (χ3v) is 4.06. The molecule has 1 heterocycles. The summed E-state index contributed by atoms with van der Waals surface area (Å²) in [6.45, 7) is 1.82.